The number of hydrogen-bond acceptors (Lipinski definition) is 5. The molecule has 0 saturated carbocycles. The van der Waals surface area contributed by atoms with Crippen LogP contribution in [0.25, 0.3) is 0 Å². The maximum atomic E-state index is 12.5. The van der Waals surface area contributed by atoms with Crippen LogP contribution in [0, 0.1) is 0 Å². The summed E-state index contributed by atoms with van der Waals surface area (Å²) in [7, 11) is 0. The second-order valence-corrected chi connectivity index (χ2v) is 7.41. The molecule has 2 N–H and O–H groups in total. The number of aliphatic hydroxyl groups excluding tert-OH is 2. The second-order valence-electron chi connectivity index (χ2n) is 6.24. The highest BCUT2D eigenvalue weighted by atomic mass is 32.1. The normalized spacial score (nSPS) is 28.0. The van der Waals surface area contributed by atoms with Crippen molar-refractivity contribution >= 4 is 17.2 Å². The molecule has 122 valence electrons. The molecule has 0 unspecified atom stereocenters. The summed E-state index contributed by atoms with van der Waals surface area (Å²) in [4.78, 5) is 16.4. The molecule has 2 aliphatic heterocycles. The van der Waals surface area contributed by atoms with Gasteiger partial charge in [-0.2, -0.15) is 0 Å². The number of ether oxygens (including phenoxy) is 1. The fourth-order valence-electron chi connectivity index (χ4n) is 3.25. The molecule has 6 heteroatoms. The summed E-state index contributed by atoms with van der Waals surface area (Å²) >= 11 is 1.57. The number of thiophene rings is 1. The fourth-order valence-corrected chi connectivity index (χ4v) is 4.17. The monoisotopic (exact) mass is 325 g/mol. The molecule has 0 aromatic carbocycles. The number of carbonyl (C=O) groups is 1. The molecular formula is C16H23NO4S. The highest BCUT2D eigenvalue weighted by Gasteiger charge is 2.43. The van der Waals surface area contributed by atoms with Crippen molar-refractivity contribution in [2.24, 2.45) is 0 Å². The SMILES string of the molecule is CCc1ccc(C(=O)N2CCC3(CC2)C[C@@H](O)[C@@H](O)CO3)s1. The lowest BCUT2D eigenvalue weighted by Crippen LogP contribution is -2.55. The molecule has 3 rings (SSSR count). The molecule has 22 heavy (non-hydrogen) atoms. The Morgan fingerprint density at radius 2 is 2.09 bits per heavy atom. The quantitative estimate of drug-likeness (QED) is 0.863. The zero-order chi connectivity index (χ0) is 15.7. The van der Waals surface area contributed by atoms with Gasteiger partial charge in [0.1, 0.15) is 6.10 Å². The van der Waals surface area contributed by atoms with E-state index < -0.39 is 12.2 Å². The lowest BCUT2D eigenvalue weighted by Gasteiger charge is -2.46. The van der Waals surface area contributed by atoms with Crippen molar-refractivity contribution < 1.29 is 19.7 Å². The summed E-state index contributed by atoms with van der Waals surface area (Å²) in [5.41, 5.74) is -0.376. The first-order chi connectivity index (χ1) is 10.5. The van der Waals surface area contributed by atoms with E-state index in [4.69, 9.17) is 4.74 Å². The van der Waals surface area contributed by atoms with Gasteiger partial charge in [-0.25, -0.2) is 0 Å². The van der Waals surface area contributed by atoms with Crippen molar-refractivity contribution in [3.63, 3.8) is 0 Å². The molecule has 5 nitrogen and oxygen atoms in total. The van der Waals surface area contributed by atoms with Gasteiger partial charge in [0.2, 0.25) is 0 Å². The third-order valence-electron chi connectivity index (χ3n) is 4.77. The summed E-state index contributed by atoms with van der Waals surface area (Å²) in [6, 6.07) is 3.93. The van der Waals surface area contributed by atoms with E-state index in [0.29, 0.717) is 32.4 Å². The third kappa shape index (κ3) is 3.06. The maximum absolute atomic E-state index is 12.5. The van der Waals surface area contributed by atoms with Gasteiger partial charge >= 0.3 is 0 Å². The molecule has 1 aromatic rings. The van der Waals surface area contributed by atoms with Gasteiger partial charge in [0.05, 0.1) is 23.2 Å². The van der Waals surface area contributed by atoms with Gasteiger partial charge in [-0.05, 0) is 31.4 Å². The highest BCUT2D eigenvalue weighted by Crippen LogP contribution is 2.35. The number of nitrogens with zero attached hydrogens (tertiary/aromatic N) is 1. The summed E-state index contributed by atoms with van der Waals surface area (Å²) in [6.07, 6.45) is 1.33. The first-order valence-corrected chi connectivity index (χ1v) is 8.73. The van der Waals surface area contributed by atoms with Gasteiger partial charge in [-0.1, -0.05) is 6.92 Å². The molecule has 1 aromatic heterocycles. The smallest absolute Gasteiger partial charge is 0.263 e. The van der Waals surface area contributed by atoms with Crippen LogP contribution in [0.2, 0.25) is 0 Å². The van der Waals surface area contributed by atoms with Crippen LogP contribution in [-0.2, 0) is 11.2 Å². The molecule has 0 aliphatic carbocycles. The molecule has 3 heterocycles. The van der Waals surface area contributed by atoms with Gasteiger partial charge in [0.15, 0.2) is 0 Å². The van der Waals surface area contributed by atoms with Crippen molar-refractivity contribution in [3.8, 4) is 0 Å². The zero-order valence-electron chi connectivity index (χ0n) is 12.8. The highest BCUT2D eigenvalue weighted by molar-refractivity contribution is 7.14. The Morgan fingerprint density at radius 1 is 1.36 bits per heavy atom. The summed E-state index contributed by atoms with van der Waals surface area (Å²) in [5, 5.41) is 19.4. The topological polar surface area (TPSA) is 70.0 Å². The predicted molar refractivity (Wildman–Crippen MR) is 84.1 cm³/mol. The van der Waals surface area contributed by atoms with Crippen molar-refractivity contribution in [2.75, 3.05) is 19.7 Å². The van der Waals surface area contributed by atoms with Crippen LogP contribution in [0.4, 0.5) is 0 Å². The van der Waals surface area contributed by atoms with Crippen LogP contribution in [0.3, 0.4) is 0 Å². The van der Waals surface area contributed by atoms with E-state index >= 15 is 0 Å². The first kappa shape index (κ1) is 15.9. The van der Waals surface area contributed by atoms with Gasteiger partial charge in [0, 0.05) is 24.4 Å². The van der Waals surface area contributed by atoms with E-state index in [1.165, 1.54) is 4.88 Å². The summed E-state index contributed by atoms with van der Waals surface area (Å²) < 4.78 is 5.80. The molecule has 0 radical (unpaired) electrons. The molecule has 1 spiro atoms. The number of piperidine rings is 1. The van der Waals surface area contributed by atoms with E-state index in [2.05, 4.69) is 6.92 Å². The zero-order valence-corrected chi connectivity index (χ0v) is 13.6. The summed E-state index contributed by atoms with van der Waals surface area (Å²) in [5.74, 6) is 0.0935. The van der Waals surface area contributed by atoms with Crippen molar-refractivity contribution in [3.05, 3.63) is 21.9 Å². The van der Waals surface area contributed by atoms with Crippen molar-refractivity contribution in [1.29, 1.82) is 0 Å². The fraction of sp³-hybridized carbons (Fsp3) is 0.688. The van der Waals surface area contributed by atoms with Crippen molar-refractivity contribution in [2.45, 2.75) is 50.4 Å². The molecule has 2 aliphatic rings. The second kappa shape index (κ2) is 6.28. The number of amides is 1. The van der Waals surface area contributed by atoms with E-state index in [1.54, 1.807) is 11.3 Å². The van der Waals surface area contributed by atoms with Gasteiger partial charge in [0.25, 0.3) is 5.91 Å². The van der Waals surface area contributed by atoms with Crippen LogP contribution in [0.1, 0.15) is 40.7 Å². The van der Waals surface area contributed by atoms with E-state index in [9.17, 15) is 15.0 Å². The number of rotatable bonds is 2. The standard InChI is InChI=1S/C16H23NO4S/c1-2-11-3-4-14(22-11)15(20)17-7-5-16(6-8-17)9-12(18)13(19)10-21-16/h3-4,12-13,18-19H,2,5-10H2,1H3/t12-,13+/m1/s1. The minimum absolute atomic E-state index is 0.0935. The third-order valence-corrected chi connectivity index (χ3v) is 5.99. The molecule has 0 bridgehead atoms. The van der Waals surface area contributed by atoms with Crippen LogP contribution in [0.15, 0.2) is 12.1 Å². The largest absolute Gasteiger partial charge is 0.390 e. The summed E-state index contributed by atoms with van der Waals surface area (Å²) in [6.45, 7) is 3.55. The van der Waals surface area contributed by atoms with Gasteiger partial charge < -0.3 is 19.8 Å². The average Bonchev–Trinajstić information content (AvgIpc) is 3.01. The number of hydrogen-bond donors (Lipinski definition) is 2. The van der Waals surface area contributed by atoms with Crippen LogP contribution in [0.5, 0.6) is 0 Å². The van der Waals surface area contributed by atoms with E-state index in [1.807, 2.05) is 17.0 Å². The minimum atomic E-state index is -0.788. The number of aryl methyl sites for hydroxylation is 1. The Labute approximate surface area is 134 Å². The average molecular weight is 325 g/mol. The minimum Gasteiger partial charge on any atom is -0.390 e. The maximum Gasteiger partial charge on any atom is 0.263 e. The Bertz CT molecular complexity index is 536. The lowest BCUT2D eigenvalue weighted by atomic mass is 9.82. The number of likely N-dealkylation sites (tertiary alicyclic amines) is 1. The van der Waals surface area contributed by atoms with Crippen LogP contribution in [-0.4, -0.2) is 58.5 Å². The Morgan fingerprint density at radius 3 is 2.68 bits per heavy atom. The Balaban J connectivity index is 1.60. The first-order valence-electron chi connectivity index (χ1n) is 7.91. The van der Waals surface area contributed by atoms with Crippen LogP contribution >= 0.6 is 11.3 Å². The molecule has 2 saturated heterocycles. The van der Waals surface area contributed by atoms with Crippen LogP contribution < -0.4 is 0 Å². The predicted octanol–water partition coefficient (Wildman–Crippen LogP) is 1.43. The lowest BCUT2D eigenvalue weighted by molar-refractivity contribution is -0.185. The molecule has 2 atom stereocenters. The Hall–Kier alpha value is -0.950. The number of aliphatic hydroxyl groups is 2. The Kier molecular flexibility index (Phi) is 4.54. The van der Waals surface area contributed by atoms with Gasteiger partial charge in [-0.15, -0.1) is 11.3 Å². The molecule has 2 fully saturated rings. The van der Waals surface area contributed by atoms with Gasteiger partial charge in [-0.3, -0.25) is 4.79 Å². The number of carbonyl (C=O) groups excluding carboxylic acids is 1. The van der Waals surface area contributed by atoms with E-state index in [-0.39, 0.29) is 18.1 Å². The van der Waals surface area contributed by atoms with E-state index in [0.717, 1.165) is 11.3 Å². The van der Waals surface area contributed by atoms with Crippen molar-refractivity contribution in [1.82, 2.24) is 4.90 Å². The molecular weight excluding hydrogens is 302 g/mol. The molecule has 1 amide bonds.